The van der Waals surface area contributed by atoms with Crippen LogP contribution < -0.4 is 0 Å². The van der Waals surface area contributed by atoms with Crippen molar-refractivity contribution in [3.05, 3.63) is 18.0 Å². The standard InChI is InChI=1S/C14H24N4O/c1-16(2)8-6-12-5-4-7-18(10-12)14(19)13-9-15-17(3)11-13/h9,11-12H,4-8,10H2,1-3H3/t12-/m0/s1. The summed E-state index contributed by atoms with van der Waals surface area (Å²) >= 11 is 0. The number of likely N-dealkylation sites (tertiary alicyclic amines) is 1. The van der Waals surface area contributed by atoms with E-state index in [-0.39, 0.29) is 5.91 Å². The molecule has 2 heterocycles. The summed E-state index contributed by atoms with van der Waals surface area (Å²) in [6.07, 6.45) is 6.98. The van der Waals surface area contributed by atoms with Crippen LogP contribution in [0.4, 0.5) is 0 Å². The van der Waals surface area contributed by atoms with Crippen molar-refractivity contribution in [2.45, 2.75) is 19.3 Å². The van der Waals surface area contributed by atoms with Crippen LogP contribution in [0.15, 0.2) is 12.4 Å². The Kier molecular flexibility index (Phi) is 4.58. The number of amides is 1. The third-order valence-corrected chi connectivity index (χ3v) is 3.74. The molecular weight excluding hydrogens is 240 g/mol. The normalized spacial score (nSPS) is 20.0. The van der Waals surface area contributed by atoms with Crippen LogP contribution >= 0.6 is 0 Å². The summed E-state index contributed by atoms with van der Waals surface area (Å²) in [4.78, 5) is 16.6. The Bertz CT molecular complexity index is 427. The summed E-state index contributed by atoms with van der Waals surface area (Å²) in [7, 11) is 6.04. The highest BCUT2D eigenvalue weighted by Crippen LogP contribution is 2.21. The Balaban J connectivity index is 1.91. The number of rotatable bonds is 4. The molecule has 5 heteroatoms. The Labute approximate surface area is 115 Å². The van der Waals surface area contributed by atoms with E-state index in [0.717, 1.165) is 26.1 Å². The van der Waals surface area contributed by atoms with Crippen LogP contribution in [0.1, 0.15) is 29.6 Å². The third-order valence-electron chi connectivity index (χ3n) is 3.74. The molecule has 0 bridgehead atoms. The van der Waals surface area contributed by atoms with Crippen molar-refractivity contribution in [3.63, 3.8) is 0 Å². The smallest absolute Gasteiger partial charge is 0.257 e. The van der Waals surface area contributed by atoms with Crippen molar-refractivity contribution < 1.29 is 4.79 Å². The molecule has 1 fully saturated rings. The second kappa shape index (κ2) is 6.19. The Morgan fingerprint density at radius 1 is 1.53 bits per heavy atom. The fourth-order valence-corrected chi connectivity index (χ4v) is 2.64. The Morgan fingerprint density at radius 2 is 2.32 bits per heavy atom. The number of nitrogens with zero attached hydrogens (tertiary/aromatic N) is 4. The van der Waals surface area contributed by atoms with Crippen molar-refractivity contribution in [1.29, 1.82) is 0 Å². The van der Waals surface area contributed by atoms with E-state index in [9.17, 15) is 4.79 Å². The van der Waals surface area contributed by atoms with E-state index in [2.05, 4.69) is 24.1 Å². The molecule has 0 unspecified atom stereocenters. The molecule has 1 saturated heterocycles. The number of piperidine rings is 1. The lowest BCUT2D eigenvalue weighted by atomic mass is 9.94. The predicted octanol–water partition coefficient (Wildman–Crippen LogP) is 1.22. The van der Waals surface area contributed by atoms with Gasteiger partial charge in [-0.15, -0.1) is 0 Å². The van der Waals surface area contributed by atoms with Gasteiger partial charge in [-0.2, -0.15) is 5.10 Å². The Morgan fingerprint density at radius 3 is 2.95 bits per heavy atom. The van der Waals surface area contributed by atoms with E-state index in [1.165, 1.54) is 12.8 Å². The molecule has 1 amide bonds. The average Bonchev–Trinajstić information content (AvgIpc) is 2.82. The van der Waals surface area contributed by atoms with Gasteiger partial charge in [-0.3, -0.25) is 9.48 Å². The predicted molar refractivity (Wildman–Crippen MR) is 75.0 cm³/mol. The van der Waals surface area contributed by atoms with E-state index in [1.807, 2.05) is 11.9 Å². The zero-order chi connectivity index (χ0) is 13.8. The fraction of sp³-hybridized carbons (Fsp3) is 0.714. The molecule has 2 rings (SSSR count). The number of hydrogen-bond donors (Lipinski definition) is 0. The Hall–Kier alpha value is -1.36. The number of aromatic nitrogens is 2. The largest absolute Gasteiger partial charge is 0.338 e. The summed E-state index contributed by atoms with van der Waals surface area (Å²) in [5, 5.41) is 4.07. The minimum Gasteiger partial charge on any atom is -0.338 e. The second-order valence-electron chi connectivity index (χ2n) is 5.75. The maximum atomic E-state index is 12.4. The minimum atomic E-state index is 0.127. The van der Waals surface area contributed by atoms with Gasteiger partial charge in [0.25, 0.3) is 5.91 Å². The van der Waals surface area contributed by atoms with Gasteiger partial charge in [0.05, 0.1) is 11.8 Å². The molecule has 106 valence electrons. The van der Waals surface area contributed by atoms with Crippen LogP contribution in [0.3, 0.4) is 0 Å². The van der Waals surface area contributed by atoms with Crippen molar-refractivity contribution >= 4 is 5.91 Å². The van der Waals surface area contributed by atoms with Gasteiger partial charge in [0.15, 0.2) is 0 Å². The topological polar surface area (TPSA) is 41.4 Å². The first-order valence-electron chi connectivity index (χ1n) is 6.99. The van der Waals surface area contributed by atoms with Crippen molar-refractivity contribution in [2.24, 2.45) is 13.0 Å². The van der Waals surface area contributed by atoms with Crippen molar-refractivity contribution in [1.82, 2.24) is 19.6 Å². The van der Waals surface area contributed by atoms with Crippen LogP contribution in [0.2, 0.25) is 0 Å². The summed E-state index contributed by atoms with van der Waals surface area (Å²) in [6.45, 7) is 2.87. The molecular formula is C14H24N4O. The van der Waals surface area contributed by atoms with Crippen LogP contribution in [0, 0.1) is 5.92 Å². The van der Waals surface area contributed by atoms with E-state index < -0.39 is 0 Å². The molecule has 0 aromatic carbocycles. The number of carbonyl (C=O) groups is 1. The second-order valence-corrected chi connectivity index (χ2v) is 5.75. The molecule has 19 heavy (non-hydrogen) atoms. The average molecular weight is 264 g/mol. The number of carbonyl (C=O) groups excluding carboxylic acids is 1. The van der Waals surface area contributed by atoms with Gasteiger partial charge in [0, 0.05) is 26.3 Å². The molecule has 1 aliphatic heterocycles. The van der Waals surface area contributed by atoms with Gasteiger partial charge >= 0.3 is 0 Å². The molecule has 0 radical (unpaired) electrons. The van der Waals surface area contributed by atoms with Crippen LogP contribution in [0.5, 0.6) is 0 Å². The maximum Gasteiger partial charge on any atom is 0.257 e. The minimum absolute atomic E-state index is 0.127. The lowest BCUT2D eigenvalue weighted by Crippen LogP contribution is -2.40. The van der Waals surface area contributed by atoms with Crippen LogP contribution in [-0.2, 0) is 7.05 Å². The molecule has 0 saturated carbocycles. The van der Waals surface area contributed by atoms with Gasteiger partial charge in [-0.25, -0.2) is 0 Å². The highest BCUT2D eigenvalue weighted by molar-refractivity contribution is 5.93. The first-order valence-corrected chi connectivity index (χ1v) is 6.99. The molecule has 0 aliphatic carbocycles. The van der Waals surface area contributed by atoms with Crippen LogP contribution in [-0.4, -0.2) is 59.2 Å². The number of hydrogen-bond acceptors (Lipinski definition) is 3. The van der Waals surface area contributed by atoms with E-state index in [4.69, 9.17) is 0 Å². The molecule has 5 nitrogen and oxygen atoms in total. The zero-order valence-electron chi connectivity index (χ0n) is 12.2. The summed E-state index contributed by atoms with van der Waals surface area (Å²) in [6, 6.07) is 0. The van der Waals surface area contributed by atoms with Gasteiger partial charge in [0.2, 0.25) is 0 Å². The summed E-state index contributed by atoms with van der Waals surface area (Å²) in [5.74, 6) is 0.763. The van der Waals surface area contributed by atoms with Crippen molar-refractivity contribution in [2.75, 3.05) is 33.7 Å². The maximum absolute atomic E-state index is 12.4. The lowest BCUT2D eigenvalue weighted by molar-refractivity contribution is 0.0663. The third kappa shape index (κ3) is 3.80. The SMILES string of the molecule is CN(C)CC[C@@H]1CCCN(C(=O)c2cnn(C)c2)C1. The quantitative estimate of drug-likeness (QED) is 0.821. The van der Waals surface area contributed by atoms with E-state index >= 15 is 0 Å². The molecule has 0 spiro atoms. The highest BCUT2D eigenvalue weighted by Gasteiger charge is 2.24. The number of aryl methyl sites for hydroxylation is 1. The molecule has 1 aromatic heterocycles. The van der Waals surface area contributed by atoms with E-state index in [1.54, 1.807) is 17.1 Å². The van der Waals surface area contributed by atoms with E-state index in [0.29, 0.717) is 11.5 Å². The lowest BCUT2D eigenvalue weighted by Gasteiger charge is -2.33. The monoisotopic (exact) mass is 264 g/mol. The first-order chi connectivity index (χ1) is 9.06. The molecule has 1 atom stereocenters. The van der Waals surface area contributed by atoms with Gasteiger partial charge in [-0.1, -0.05) is 0 Å². The highest BCUT2D eigenvalue weighted by atomic mass is 16.2. The van der Waals surface area contributed by atoms with Gasteiger partial charge < -0.3 is 9.80 Å². The fourth-order valence-electron chi connectivity index (χ4n) is 2.64. The zero-order valence-corrected chi connectivity index (χ0v) is 12.2. The molecule has 1 aromatic rings. The van der Waals surface area contributed by atoms with Crippen LogP contribution in [0.25, 0.3) is 0 Å². The van der Waals surface area contributed by atoms with Gasteiger partial charge in [0.1, 0.15) is 0 Å². The first kappa shape index (κ1) is 14.1. The summed E-state index contributed by atoms with van der Waals surface area (Å²) in [5.41, 5.74) is 0.704. The van der Waals surface area contributed by atoms with Gasteiger partial charge in [-0.05, 0) is 45.8 Å². The molecule has 0 N–H and O–H groups in total. The molecule has 1 aliphatic rings. The summed E-state index contributed by atoms with van der Waals surface area (Å²) < 4.78 is 1.68. The van der Waals surface area contributed by atoms with Crippen molar-refractivity contribution in [3.8, 4) is 0 Å².